The van der Waals surface area contributed by atoms with Gasteiger partial charge in [-0.15, -0.1) is 11.8 Å². The molecule has 2 spiro atoms. The lowest BCUT2D eigenvalue weighted by molar-refractivity contribution is -0.152. The van der Waals surface area contributed by atoms with Gasteiger partial charge in [0.25, 0.3) is 0 Å². The van der Waals surface area contributed by atoms with Crippen molar-refractivity contribution in [1.82, 2.24) is 9.80 Å². The van der Waals surface area contributed by atoms with Crippen molar-refractivity contribution in [2.75, 3.05) is 18.8 Å². The second kappa shape index (κ2) is 5.90. The SMILES string of the molecule is O=C1N2CCCC[C@@H]2CC[C@]12CS[C@]1(CC[C@H]3CCCCN3C1=O)C2. The van der Waals surface area contributed by atoms with Gasteiger partial charge in [0.2, 0.25) is 11.8 Å². The number of thioether (sulfide) groups is 1. The Balaban J connectivity index is 1.38. The zero-order valence-electron chi connectivity index (χ0n) is 15.2. The molecule has 5 aliphatic rings. The fourth-order valence-electron chi connectivity index (χ4n) is 6.28. The first kappa shape index (κ1) is 16.5. The van der Waals surface area contributed by atoms with E-state index < -0.39 is 0 Å². The van der Waals surface area contributed by atoms with E-state index >= 15 is 0 Å². The Labute approximate surface area is 155 Å². The van der Waals surface area contributed by atoms with Crippen molar-refractivity contribution in [3.05, 3.63) is 0 Å². The predicted molar refractivity (Wildman–Crippen MR) is 99.4 cm³/mol. The zero-order chi connectivity index (χ0) is 17.1. The number of fused-ring (bicyclic) bond motifs is 2. The van der Waals surface area contributed by atoms with Crippen LogP contribution in [0.4, 0.5) is 0 Å². The summed E-state index contributed by atoms with van der Waals surface area (Å²) in [6.07, 6.45) is 12.4. The normalized spacial score (nSPS) is 44.3. The topological polar surface area (TPSA) is 40.6 Å². The number of piperidine rings is 4. The highest BCUT2D eigenvalue weighted by atomic mass is 32.2. The molecular formula is C20H30N2O2S. The Hall–Kier alpha value is -0.710. The van der Waals surface area contributed by atoms with Gasteiger partial charge >= 0.3 is 0 Å². The molecule has 5 rings (SSSR count). The number of nitrogens with zero attached hydrogens (tertiary/aromatic N) is 2. The summed E-state index contributed by atoms with van der Waals surface area (Å²) in [5, 5.41) is 0. The van der Waals surface area contributed by atoms with E-state index in [-0.39, 0.29) is 10.2 Å². The molecule has 5 heteroatoms. The van der Waals surface area contributed by atoms with Gasteiger partial charge in [-0.2, -0.15) is 0 Å². The standard InChI is InChI=1S/C20H30N2O2S/c23-17-19(9-7-15-5-1-3-11-21(15)17)13-20(25-14-19)10-8-16-6-2-4-12-22(16)18(20)24/h15-16H,1-14H2/t15-,16-,19+,20-/m1/s1. The Kier molecular flexibility index (Phi) is 3.88. The third-order valence-electron chi connectivity index (χ3n) is 7.71. The monoisotopic (exact) mass is 362 g/mol. The molecular weight excluding hydrogens is 332 g/mol. The van der Waals surface area contributed by atoms with E-state index in [0.717, 1.165) is 63.8 Å². The molecule has 0 bridgehead atoms. The van der Waals surface area contributed by atoms with Crippen LogP contribution >= 0.6 is 11.8 Å². The second-order valence-corrected chi connectivity index (χ2v) is 10.5. The molecule has 0 saturated carbocycles. The molecule has 0 aromatic heterocycles. The average molecular weight is 363 g/mol. The van der Waals surface area contributed by atoms with Crippen LogP contribution in [0.15, 0.2) is 0 Å². The molecule has 4 atom stereocenters. The van der Waals surface area contributed by atoms with Crippen LogP contribution in [0.3, 0.4) is 0 Å². The van der Waals surface area contributed by atoms with E-state index in [1.54, 1.807) is 0 Å². The van der Waals surface area contributed by atoms with Gasteiger partial charge in [-0.1, -0.05) is 0 Å². The van der Waals surface area contributed by atoms with E-state index in [4.69, 9.17) is 0 Å². The zero-order valence-corrected chi connectivity index (χ0v) is 16.0. The van der Waals surface area contributed by atoms with E-state index in [1.807, 2.05) is 11.8 Å². The summed E-state index contributed by atoms with van der Waals surface area (Å²) in [6, 6.07) is 0.972. The minimum atomic E-state index is -0.286. The maximum atomic E-state index is 13.4. The summed E-state index contributed by atoms with van der Waals surface area (Å²) >= 11 is 1.84. The number of carbonyl (C=O) groups is 2. The molecule has 2 amide bonds. The maximum Gasteiger partial charge on any atom is 0.239 e. The van der Waals surface area contributed by atoms with Crippen molar-refractivity contribution in [2.45, 2.75) is 87.5 Å². The number of rotatable bonds is 0. The fourth-order valence-corrected chi connectivity index (χ4v) is 8.08. The quantitative estimate of drug-likeness (QED) is 0.664. The van der Waals surface area contributed by atoms with Crippen LogP contribution in [0.5, 0.6) is 0 Å². The van der Waals surface area contributed by atoms with E-state index in [0.29, 0.717) is 23.9 Å². The van der Waals surface area contributed by atoms with Crippen LogP contribution in [0, 0.1) is 5.41 Å². The third-order valence-corrected chi connectivity index (χ3v) is 9.48. The van der Waals surface area contributed by atoms with Crippen LogP contribution in [0.25, 0.3) is 0 Å². The lowest BCUT2D eigenvalue weighted by Gasteiger charge is -2.49. The van der Waals surface area contributed by atoms with Crippen molar-refractivity contribution < 1.29 is 9.59 Å². The first-order valence-electron chi connectivity index (χ1n) is 10.4. The average Bonchev–Trinajstić information content (AvgIpc) is 3.03. The fraction of sp³-hybridized carbons (Fsp3) is 0.900. The summed E-state index contributed by atoms with van der Waals surface area (Å²) in [5.74, 6) is 1.64. The van der Waals surface area contributed by atoms with Gasteiger partial charge in [0.1, 0.15) is 0 Å². The minimum Gasteiger partial charge on any atom is -0.339 e. The molecule has 138 valence electrons. The van der Waals surface area contributed by atoms with Crippen LogP contribution in [-0.2, 0) is 9.59 Å². The molecule has 0 radical (unpaired) electrons. The Morgan fingerprint density at radius 3 is 2.16 bits per heavy atom. The lowest BCUT2D eigenvalue weighted by atomic mass is 9.69. The second-order valence-electron chi connectivity index (χ2n) is 9.11. The summed E-state index contributed by atoms with van der Waals surface area (Å²) in [5.41, 5.74) is -0.239. The van der Waals surface area contributed by atoms with Crippen molar-refractivity contribution in [3.8, 4) is 0 Å². The highest BCUT2D eigenvalue weighted by Crippen LogP contribution is 2.58. The van der Waals surface area contributed by atoms with E-state index in [1.165, 1.54) is 25.7 Å². The number of carbonyl (C=O) groups excluding carboxylic acids is 2. The Bertz CT molecular complexity index is 546. The van der Waals surface area contributed by atoms with Gasteiger partial charge < -0.3 is 9.80 Å². The lowest BCUT2D eigenvalue weighted by Crippen LogP contribution is -2.59. The van der Waals surface area contributed by atoms with E-state index in [2.05, 4.69) is 9.80 Å². The van der Waals surface area contributed by atoms with Gasteiger partial charge in [-0.25, -0.2) is 0 Å². The molecule has 5 aliphatic heterocycles. The highest BCUT2D eigenvalue weighted by molar-refractivity contribution is 8.01. The van der Waals surface area contributed by atoms with Crippen molar-refractivity contribution in [1.29, 1.82) is 0 Å². The Morgan fingerprint density at radius 1 is 0.800 bits per heavy atom. The minimum absolute atomic E-state index is 0.239. The van der Waals surface area contributed by atoms with Gasteiger partial charge in [0.05, 0.1) is 10.2 Å². The molecule has 4 nitrogen and oxygen atoms in total. The highest BCUT2D eigenvalue weighted by Gasteiger charge is 2.61. The third kappa shape index (κ3) is 2.40. The van der Waals surface area contributed by atoms with Crippen molar-refractivity contribution >= 4 is 23.6 Å². The number of amides is 2. The summed E-state index contributed by atoms with van der Waals surface area (Å²) < 4.78 is -0.286. The molecule has 5 fully saturated rings. The summed E-state index contributed by atoms with van der Waals surface area (Å²) in [4.78, 5) is 31.2. The largest absolute Gasteiger partial charge is 0.339 e. The van der Waals surface area contributed by atoms with Crippen molar-refractivity contribution in [2.24, 2.45) is 5.41 Å². The van der Waals surface area contributed by atoms with E-state index in [9.17, 15) is 9.59 Å². The predicted octanol–water partition coefficient (Wildman–Crippen LogP) is 3.20. The molecule has 0 aliphatic carbocycles. The molecule has 5 saturated heterocycles. The van der Waals surface area contributed by atoms with Crippen LogP contribution in [-0.4, -0.2) is 57.3 Å². The maximum absolute atomic E-state index is 13.4. The molecule has 0 unspecified atom stereocenters. The van der Waals surface area contributed by atoms with Crippen LogP contribution in [0.2, 0.25) is 0 Å². The van der Waals surface area contributed by atoms with Gasteiger partial charge in [0, 0.05) is 30.9 Å². The van der Waals surface area contributed by atoms with Gasteiger partial charge in [0.15, 0.2) is 0 Å². The van der Waals surface area contributed by atoms with Crippen LogP contribution in [0.1, 0.15) is 70.6 Å². The summed E-state index contributed by atoms with van der Waals surface area (Å²) in [7, 11) is 0. The number of hydrogen-bond donors (Lipinski definition) is 0. The molecule has 25 heavy (non-hydrogen) atoms. The summed E-state index contributed by atoms with van der Waals surface area (Å²) in [6.45, 7) is 1.89. The molecule has 5 heterocycles. The van der Waals surface area contributed by atoms with Gasteiger partial charge in [-0.05, 0) is 70.6 Å². The smallest absolute Gasteiger partial charge is 0.239 e. The Morgan fingerprint density at radius 2 is 1.44 bits per heavy atom. The van der Waals surface area contributed by atoms with Crippen LogP contribution < -0.4 is 0 Å². The first-order valence-corrected chi connectivity index (χ1v) is 11.4. The molecule has 0 N–H and O–H groups in total. The van der Waals surface area contributed by atoms with Crippen molar-refractivity contribution in [3.63, 3.8) is 0 Å². The molecule has 0 aromatic carbocycles. The van der Waals surface area contributed by atoms with Gasteiger partial charge in [-0.3, -0.25) is 9.59 Å². The first-order chi connectivity index (χ1) is 12.1. The molecule has 0 aromatic rings. The number of hydrogen-bond acceptors (Lipinski definition) is 3.